The zero-order valence-corrected chi connectivity index (χ0v) is 13.1. The van der Waals surface area contributed by atoms with Gasteiger partial charge >= 0.3 is 0 Å². The minimum absolute atomic E-state index is 1.08. The number of unbranched alkanes of at least 4 members (excludes halogenated alkanes) is 9. The van der Waals surface area contributed by atoms with Crippen molar-refractivity contribution in [2.45, 2.75) is 91.0 Å². The van der Waals surface area contributed by atoms with Crippen LogP contribution in [0.2, 0.25) is 0 Å². The largest absolute Gasteiger partial charge is 0.254 e. The molecule has 0 aromatic carbocycles. The average molecular weight is 265 g/mol. The summed E-state index contributed by atoms with van der Waals surface area (Å²) in [6, 6.07) is 0. The highest BCUT2D eigenvalue weighted by Crippen LogP contribution is 2.11. The van der Waals surface area contributed by atoms with Gasteiger partial charge in [0.1, 0.15) is 12.4 Å². The quantitative estimate of drug-likeness (QED) is 0.414. The summed E-state index contributed by atoms with van der Waals surface area (Å²) in [6.45, 7) is 5.57. The van der Waals surface area contributed by atoms with Crippen molar-refractivity contribution in [1.82, 2.24) is 4.98 Å². The van der Waals surface area contributed by atoms with Gasteiger partial charge in [0.15, 0.2) is 0 Å². The van der Waals surface area contributed by atoms with Crippen LogP contribution in [0.25, 0.3) is 0 Å². The van der Waals surface area contributed by atoms with Crippen LogP contribution in [0.1, 0.15) is 83.9 Å². The summed E-state index contributed by atoms with van der Waals surface area (Å²) in [5.41, 5.74) is 0. The number of hydrogen-bond donors (Lipinski definition) is 1. The van der Waals surface area contributed by atoms with E-state index < -0.39 is 0 Å². The standard InChI is InChI=1S/C17H32N2/c1-3-5-6-7-8-9-10-11-12-13-14-17-18-15-16-19(17)4-2/h15-16H,3-14H2,1-2H3/p+1. The van der Waals surface area contributed by atoms with Crippen LogP contribution in [0.15, 0.2) is 12.4 Å². The molecule has 0 atom stereocenters. The Morgan fingerprint density at radius 2 is 1.42 bits per heavy atom. The molecule has 2 nitrogen and oxygen atoms in total. The van der Waals surface area contributed by atoms with Crippen LogP contribution in [0, 0.1) is 0 Å². The van der Waals surface area contributed by atoms with E-state index >= 15 is 0 Å². The van der Waals surface area contributed by atoms with Gasteiger partial charge in [-0.15, -0.1) is 0 Å². The van der Waals surface area contributed by atoms with Crippen molar-refractivity contribution in [3.8, 4) is 0 Å². The van der Waals surface area contributed by atoms with Crippen molar-refractivity contribution in [1.29, 1.82) is 0 Å². The second-order valence-corrected chi connectivity index (χ2v) is 5.62. The van der Waals surface area contributed by atoms with E-state index in [1.165, 1.54) is 76.5 Å². The van der Waals surface area contributed by atoms with Crippen LogP contribution in [0.5, 0.6) is 0 Å². The van der Waals surface area contributed by atoms with Gasteiger partial charge in [0.2, 0.25) is 0 Å². The lowest BCUT2D eigenvalue weighted by Crippen LogP contribution is -2.34. The van der Waals surface area contributed by atoms with Crippen molar-refractivity contribution in [2.24, 2.45) is 0 Å². The zero-order chi connectivity index (χ0) is 13.8. The lowest BCUT2D eigenvalue weighted by atomic mass is 10.1. The van der Waals surface area contributed by atoms with Gasteiger partial charge in [-0.2, -0.15) is 0 Å². The highest BCUT2D eigenvalue weighted by molar-refractivity contribution is 4.77. The molecule has 1 aromatic heterocycles. The molecule has 0 amide bonds. The highest BCUT2D eigenvalue weighted by atomic mass is 15.0. The second kappa shape index (κ2) is 11.1. The van der Waals surface area contributed by atoms with Crippen LogP contribution in [-0.2, 0) is 13.0 Å². The maximum atomic E-state index is 3.35. The fourth-order valence-corrected chi connectivity index (χ4v) is 2.69. The first kappa shape index (κ1) is 16.3. The molecule has 0 spiro atoms. The Morgan fingerprint density at radius 1 is 0.842 bits per heavy atom. The van der Waals surface area contributed by atoms with E-state index in [2.05, 4.69) is 35.8 Å². The van der Waals surface area contributed by atoms with Gasteiger partial charge in [-0.3, -0.25) is 0 Å². The van der Waals surface area contributed by atoms with E-state index in [0.29, 0.717) is 0 Å². The Hall–Kier alpha value is -0.790. The van der Waals surface area contributed by atoms with E-state index in [1.54, 1.807) is 0 Å². The Kier molecular flexibility index (Phi) is 9.48. The minimum Gasteiger partial charge on any atom is -0.248 e. The number of aromatic amines is 1. The predicted molar refractivity (Wildman–Crippen MR) is 82.2 cm³/mol. The first-order valence-electron chi connectivity index (χ1n) is 8.44. The monoisotopic (exact) mass is 265 g/mol. The van der Waals surface area contributed by atoms with Crippen molar-refractivity contribution < 1.29 is 4.57 Å². The molecular formula is C17H33N2+. The Morgan fingerprint density at radius 3 is 2.00 bits per heavy atom. The summed E-state index contributed by atoms with van der Waals surface area (Å²) in [7, 11) is 0. The molecule has 0 aliphatic heterocycles. The summed E-state index contributed by atoms with van der Waals surface area (Å²) in [5.74, 6) is 1.39. The molecule has 0 bridgehead atoms. The summed E-state index contributed by atoms with van der Waals surface area (Å²) in [4.78, 5) is 3.35. The lowest BCUT2D eigenvalue weighted by Gasteiger charge is -2.01. The van der Waals surface area contributed by atoms with Gasteiger partial charge in [0, 0.05) is 6.42 Å². The Balaban J connectivity index is 1.89. The number of aromatic nitrogens is 2. The molecule has 1 heterocycles. The fraction of sp³-hybridized carbons (Fsp3) is 0.824. The molecule has 0 fully saturated rings. The number of aryl methyl sites for hydroxylation is 2. The van der Waals surface area contributed by atoms with E-state index in [-0.39, 0.29) is 0 Å². The molecule has 0 aliphatic carbocycles. The number of nitrogens with one attached hydrogen (secondary N) is 1. The molecule has 0 aliphatic rings. The Bertz CT molecular complexity index is 304. The number of nitrogens with zero attached hydrogens (tertiary/aromatic N) is 1. The van der Waals surface area contributed by atoms with Gasteiger partial charge in [-0.25, -0.2) is 9.55 Å². The van der Waals surface area contributed by atoms with Crippen molar-refractivity contribution in [2.75, 3.05) is 0 Å². The third kappa shape index (κ3) is 7.39. The maximum absolute atomic E-state index is 3.35. The predicted octanol–water partition coefficient (Wildman–Crippen LogP) is 4.79. The van der Waals surface area contributed by atoms with Gasteiger partial charge < -0.3 is 0 Å². The second-order valence-electron chi connectivity index (χ2n) is 5.62. The molecular weight excluding hydrogens is 232 g/mol. The van der Waals surface area contributed by atoms with Crippen LogP contribution in [0.3, 0.4) is 0 Å². The third-order valence-corrected chi connectivity index (χ3v) is 3.96. The molecule has 1 aromatic rings. The molecule has 0 saturated heterocycles. The topological polar surface area (TPSA) is 19.7 Å². The zero-order valence-electron chi connectivity index (χ0n) is 13.1. The first-order chi connectivity index (χ1) is 9.38. The SMILES string of the molecule is CCCCCCCCCCCCc1[nH]cc[n+]1CC. The van der Waals surface area contributed by atoms with Gasteiger partial charge in [0.05, 0.1) is 6.54 Å². The number of hydrogen-bond acceptors (Lipinski definition) is 0. The molecule has 0 saturated carbocycles. The number of rotatable bonds is 12. The lowest BCUT2D eigenvalue weighted by molar-refractivity contribution is -0.699. The molecule has 19 heavy (non-hydrogen) atoms. The molecule has 1 rings (SSSR count). The van der Waals surface area contributed by atoms with Crippen molar-refractivity contribution in [3.05, 3.63) is 18.2 Å². The number of H-pyrrole nitrogens is 1. The normalized spacial score (nSPS) is 11.1. The van der Waals surface area contributed by atoms with Crippen LogP contribution < -0.4 is 4.57 Å². The number of imidazole rings is 1. The maximum Gasteiger partial charge on any atom is 0.254 e. The minimum atomic E-state index is 1.08. The summed E-state index contributed by atoms with van der Waals surface area (Å²) in [5, 5.41) is 0. The molecule has 110 valence electrons. The van der Waals surface area contributed by atoms with Gasteiger partial charge in [-0.05, 0) is 13.3 Å². The van der Waals surface area contributed by atoms with E-state index in [9.17, 15) is 0 Å². The molecule has 2 heteroatoms. The summed E-state index contributed by atoms with van der Waals surface area (Å²) < 4.78 is 2.31. The molecule has 0 unspecified atom stereocenters. The van der Waals surface area contributed by atoms with E-state index in [4.69, 9.17) is 0 Å². The smallest absolute Gasteiger partial charge is 0.248 e. The summed E-state index contributed by atoms with van der Waals surface area (Å²) >= 11 is 0. The molecule has 0 radical (unpaired) electrons. The first-order valence-corrected chi connectivity index (χ1v) is 8.44. The van der Waals surface area contributed by atoms with E-state index in [1.807, 2.05) is 0 Å². The van der Waals surface area contributed by atoms with E-state index in [0.717, 1.165) is 6.54 Å². The average Bonchev–Trinajstić information content (AvgIpc) is 2.88. The van der Waals surface area contributed by atoms with Crippen molar-refractivity contribution >= 4 is 0 Å². The van der Waals surface area contributed by atoms with Gasteiger partial charge in [0.25, 0.3) is 5.82 Å². The van der Waals surface area contributed by atoms with Gasteiger partial charge in [-0.1, -0.05) is 64.7 Å². The molecule has 1 N–H and O–H groups in total. The van der Waals surface area contributed by atoms with Crippen molar-refractivity contribution in [3.63, 3.8) is 0 Å². The highest BCUT2D eigenvalue weighted by Gasteiger charge is 2.07. The Labute approximate surface area is 119 Å². The fourth-order valence-electron chi connectivity index (χ4n) is 2.69. The van der Waals surface area contributed by atoms with Crippen LogP contribution in [0.4, 0.5) is 0 Å². The third-order valence-electron chi connectivity index (χ3n) is 3.96. The summed E-state index contributed by atoms with van der Waals surface area (Å²) in [6.07, 6.45) is 19.5. The van der Waals surface area contributed by atoms with Crippen LogP contribution >= 0.6 is 0 Å². The van der Waals surface area contributed by atoms with Crippen LogP contribution in [-0.4, -0.2) is 4.98 Å².